The minimum Gasteiger partial charge on any atom is -0.379 e. The van der Waals surface area contributed by atoms with Crippen LogP contribution in [0, 0.1) is 5.92 Å². The van der Waals surface area contributed by atoms with Gasteiger partial charge in [-0.25, -0.2) is 0 Å². The molecule has 3 rings (SSSR count). The number of nitrogens with zero attached hydrogens (tertiary/aromatic N) is 1. The fourth-order valence-electron chi connectivity index (χ4n) is 3.86. The normalized spacial score (nSPS) is 21.0. The average molecular weight is 422 g/mol. The van der Waals surface area contributed by atoms with Gasteiger partial charge < -0.3 is 21.1 Å². The lowest BCUT2D eigenvalue weighted by Crippen LogP contribution is -2.55. The van der Waals surface area contributed by atoms with E-state index in [-0.39, 0.29) is 47.9 Å². The van der Waals surface area contributed by atoms with E-state index in [0.29, 0.717) is 18.1 Å². The van der Waals surface area contributed by atoms with E-state index in [1.54, 1.807) is 0 Å². The smallest absolute Gasteiger partial charge is 0.277 e. The van der Waals surface area contributed by atoms with Crippen molar-refractivity contribution in [3.63, 3.8) is 0 Å². The van der Waals surface area contributed by atoms with Crippen molar-refractivity contribution in [2.24, 2.45) is 5.92 Å². The molecule has 1 atom stereocenters. The molecule has 1 aromatic heterocycles. The molecule has 0 aromatic carbocycles. The highest BCUT2D eigenvalue weighted by atomic mass is 35.5. The van der Waals surface area contributed by atoms with E-state index in [1.807, 2.05) is 0 Å². The molecule has 9 heteroatoms. The average Bonchev–Trinajstić information content (AvgIpc) is 2.55. The van der Waals surface area contributed by atoms with Crippen LogP contribution in [0.5, 0.6) is 0 Å². The van der Waals surface area contributed by atoms with Crippen molar-refractivity contribution in [2.45, 2.75) is 70.4 Å². The highest BCUT2D eigenvalue weighted by molar-refractivity contribution is 5.85. The van der Waals surface area contributed by atoms with E-state index in [1.165, 1.54) is 38.5 Å². The van der Waals surface area contributed by atoms with Crippen LogP contribution in [0.4, 0.5) is 17.5 Å². The first-order valence-corrected chi connectivity index (χ1v) is 9.48. The molecule has 0 spiro atoms. The van der Waals surface area contributed by atoms with Crippen LogP contribution < -0.4 is 21.9 Å². The van der Waals surface area contributed by atoms with Crippen LogP contribution in [0.2, 0.25) is 0 Å². The van der Waals surface area contributed by atoms with Gasteiger partial charge in [0, 0.05) is 6.61 Å². The van der Waals surface area contributed by atoms with Gasteiger partial charge in [0.2, 0.25) is 5.95 Å². The molecule has 0 bridgehead atoms. The Bertz CT molecular complexity index is 647. The second-order valence-corrected chi connectivity index (χ2v) is 7.94. The molecule has 27 heavy (non-hydrogen) atoms. The van der Waals surface area contributed by atoms with Crippen molar-refractivity contribution >= 4 is 42.3 Å². The number of ether oxygens (including phenoxy) is 1. The fourth-order valence-corrected chi connectivity index (χ4v) is 3.86. The summed E-state index contributed by atoms with van der Waals surface area (Å²) in [5.41, 5.74) is 5.51. The largest absolute Gasteiger partial charge is 0.379 e. The summed E-state index contributed by atoms with van der Waals surface area (Å²) in [4.78, 5) is 18.8. The summed E-state index contributed by atoms with van der Waals surface area (Å²) in [5.74, 6) is 1.51. The van der Waals surface area contributed by atoms with Crippen LogP contribution in [0.3, 0.4) is 0 Å². The highest BCUT2D eigenvalue weighted by Gasteiger charge is 2.36. The summed E-state index contributed by atoms with van der Waals surface area (Å²) in [5, 5.41) is 6.58. The summed E-state index contributed by atoms with van der Waals surface area (Å²) < 4.78 is 5.92. The molecule has 1 aromatic rings. The molecule has 1 aliphatic heterocycles. The van der Waals surface area contributed by atoms with E-state index < -0.39 is 0 Å². The molecule has 1 saturated carbocycles. The van der Waals surface area contributed by atoms with E-state index in [9.17, 15) is 4.79 Å². The van der Waals surface area contributed by atoms with Crippen LogP contribution in [-0.2, 0) is 4.74 Å². The number of aromatic nitrogens is 2. The van der Waals surface area contributed by atoms with Crippen LogP contribution in [0.1, 0.15) is 58.8 Å². The summed E-state index contributed by atoms with van der Waals surface area (Å²) in [6.45, 7) is 5.46. The minimum absolute atomic E-state index is 0. The maximum absolute atomic E-state index is 12.1. The number of nitrogens with two attached hydrogens (primary N) is 1. The Morgan fingerprint density at radius 1 is 1.22 bits per heavy atom. The Kier molecular flexibility index (Phi) is 9.18. The summed E-state index contributed by atoms with van der Waals surface area (Å²) in [7, 11) is 0. The zero-order valence-electron chi connectivity index (χ0n) is 16.2. The SMILES string of the molecule is CC1(C)Nc2nc(N)[nH]c(=O)c2NC1COCCCC1CCCCC1.Cl.Cl. The molecule has 1 unspecified atom stereocenters. The molecule has 156 valence electrons. The fraction of sp³-hybridized carbons (Fsp3) is 0.778. The molecule has 2 heterocycles. The van der Waals surface area contributed by atoms with Crippen LogP contribution in [0.25, 0.3) is 0 Å². The summed E-state index contributed by atoms with van der Waals surface area (Å²) in [6, 6.07) is -0.0128. The summed E-state index contributed by atoms with van der Waals surface area (Å²) in [6.07, 6.45) is 9.34. The number of hydrogen-bond acceptors (Lipinski definition) is 6. The van der Waals surface area contributed by atoms with E-state index in [0.717, 1.165) is 18.9 Å². The topological polar surface area (TPSA) is 105 Å². The Morgan fingerprint density at radius 2 is 1.93 bits per heavy atom. The first kappa shape index (κ1) is 23.9. The van der Waals surface area contributed by atoms with Gasteiger partial charge in [-0.2, -0.15) is 4.98 Å². The predicted octanol–water partition coefficient (Wildman–Crippen LogP) is 3.56. The number of aromatic amines is 1. The highest BCUT2D eigenvalue weighted by Crippen LogP contribution is 2.30. The number of halogens is 2. The van der Waals surface area contributed by atoms with Crippen molar-refractivity contribution in [1.82, 2.24) is 9.97 Å². The molecule has 2 aliphatic rings. The van der Waals surface area contributed by atoms with Gasteiger partial charge in [0.05, 0.1) is 18.2 Å². The zero-order chi connectivity index (χ0) is 17.9. The molecule has 5 N–H and O–H groups in total. The Balaban J connectivity index is 0.00000182. The Hall–Kier alpha value is -1.18. The third kappa shape index (κ3) is 6.16. The van der Waals surface area contributed by atoms with Gasteiger partial charge in [0.1, 0.15) is 5.69 Å². The van der Waals surface area contributed by atoms with Crippen LogP contribution in [-0.4, -0.2) is 34.8 Å². The van der Waals surface area contributed by atoms with Gasteiger partial charge in [-0.3, -0.25) is 9.78 Å². The molecular weight excluding hydrogens is 389 g/mol. The second-order valence-electron chi connectivity index (χ2n) is 7.94. The molecule has 1 aliphatic carbocycles. The van der Waals surface area contributed by atoms with Gasteiger partial charge in [0.15, 0.2) is 5.82 Å². The van der Waals surface area contributed by atoms with Gasteiger partial charge in [-0.05, 0) is 32.6 Å². The maximum atomic E-state index is 12.1. The van der Waals surface area contributed by atoms with Crippen LogP contribution in [0.15, 0.2) is 4.79 Å². The van der Waals surface area contributed by atoms with Gasteiger partial charge in [0.25, 0.3) is 5.56 Å². The minimum atomic E-state index is -0.288. The molecular formula is C18H33Cl2N5O2. The monoisotopic (exact) mass is 421 g/mol. The number of H-pyrrole nitrogens is 1. The zero-order valence-corrected chi connectivity index (χ0v) is 17.8. The number of nitrogens with one attached hydrogen (secondary N) is 3. The van der Waals surface area contributed by atoms with Crippen molar-refractivity contribution < 1.29 is 4.74 Å². The van der Waals surface area contributed by atoms with Gasteiger partial charge in [-0.15, -0.1) is 24.8 Å². The number of anilines is 3. The van der Waals surface area contributed by atoms with Crippen LogP contribution >= 0.6 is 24.8 Å². The third-order valence-electron chi connectivity index (χ3n) is 5.48. The standard InChI is InChI=1S/C18H31N5O2.2ClH/c1-18(2)13(11-25-10-6-9-12-7-4-3-5-8-12)20-14-15(23-18)21-17(19)22-16(14)24;;/h12-13,20H,3-11H2,1-2H3,(H4,19,21,22,23,24);2*1H. The third-order valence-corrected chi connectivity index (χ3v) is 5.48. The van der Waals surface area contributed by atoms with Crippen molar-refractivity contribution in [2.75, 3.05) is 29.6 Å². The predicted molar refractivity (Wildman–Crippen MR) is 116 cm³/mol. The number of rotatable bonds is 6. The molecule has 0 amide bonds. The number of nitrogen functional groups attached to an aromatic ring is 1. The maximum Gasteiger partial charge on any atom is 0.277 e. The van der Waals surface area contributed by atoms with E-state index in [2.05, 4.69) is 34.4 Å². The lowest BCUT2D eigenvalue weighted by Gasteiger charge is -2.41. The van der Waals surface area contributed by atoms with Crippen molar-refractivity contribution in [3.05, 3.63) is 10.4 Å². The van der Waals surface area contributed by atoms with Crippen molar-refractivity contribution in [1.29, 1.82) is 0 Å². The lowest BCUT2D eigenvalue weighted by atomic mass is 9.86. The summed E-state index contributed by atoms with van der Waals surface area (Å²) >= 11 is 0. The Labute approximate surface area is 173 Å². The second kappa shape index (κ2) is 10.4. The van der Waals surface area contributed by atoms with Gasteiger partial charge in [-0.1, -0.05) is 32.1 Å². The lowest BCUT2D eigenvalue weighted by molar-refractivity contribution is 0.104. The molecule has 1 fully saturated rings. The quantitative estimate of drug-likeness (QED) is 0.523. The van der Waals surface area contributed by atoms with Crippen molar-refractivity contribution in [3.8, 4) is 0 Å². The van der Waals surface area contributed by atoms with E-state index in [4.69, 9.17) is 10.5 Å². The van der Waals surface area contributed by atoms with Gasteiger partial charge >= 0.3 is 0 Å². The van der Waals surface area contributed by atoms with E-state index >= 15 is 0 Å². The molecule has 7 nitrogen and oxygen atoms in total. The Morgan fingerprint density at radius 3 is 2.63 bits per heavy atom. The molecule has 0 saturated heterocycles. The first-order chi connectivity index (χ1) is 12.0. The number of fused-ring (bicyclic) bond motifs is 1. The molecule has 0 radical (unpaired) electrons. The number of hydrogen-bond donors (Lipinski definition) is 4. The first-order valence-electron chi connectivity index (χ1n) is 9.48.